The zero-order valence-corrected chi connectivity index (χ0v) is 12.5. The molecule has 0 atom stereocenters. The van der Waals surface area contributed by atoms with Crippen molar-refractivity contribution < 1.29 is 9.47 Å². The number of benzene rings is 2. The van der Waals surface area contributed by atoms with Crippen molar-refractivity contribution in [2.45, 2.75) is 6.61 Å². The van der Waals surface area contributed by atoms with Gasteiger partial charge in [-0.2, -0.15) is 0 Å². The van der Waals surface area contributed by atoms with Crippen molar-refractivity contribution in [3.05, 3.63) is 58.6 Å². The van der Waals surface area contributed by atoms with Gasteiger partial charge in [0.25, 0.3) is 0 Å². The standard InChI is InChI=1S/C15H14ClNO2S/c1-18-9-10-4-2-5-11(8-10)19-13-7-3-6-12(16)14(13)15(17)20/h2-8H,9H2,1H3,(H2,17,20). The van der Waals surface area contributed by atoms with Crippen molar-refractivity contribution >= 4 is 28.8 Å². The Labute approximate surface area is 128 Å². The van der Waals surface area contributed by atoms with E-state index in [1.165, 1.54) is 0 Å². The average Bonchev–Trinajstić information content (AvgIpc) is 2.39. The van der Waals surface area contributed by atoms with Crippen LogP contribution >= 0.6 is 23.8 Å². The zero-order valence-electron chi connectivity index (χ0n) is 10.9. The summed E-state index contributed by atoms with van der Waals surface area (Å²) in [6.45, 7) is 0.523. The quantitative estimate of drug-likeness (QED) is 0.851. The van der Waals surface area contributed by atoms with Crippen molar-refractivity contribution in [3.8, 4) is 11.5 Å². The highest BCUT2D eigenvalue weighted by Gasteiger charge is 2.11. The molecule has 0 aromatic heterocycles. The van der Waals surface area contributed by atoms with Crippen molar-refractivity contribution in [1.82, 2.24) is 0 Å². The molecule has 0 bridgehead atoms. The highest BCUT2D eigenvalue weighted by molar-refractivity contribution is 7.80. The lowest BCUT2D eigenvalue weighted by atomic mass is 10.2. The summed E-state index contributed by atoms with van der Waals surface area (Å²) >= 11 is 11.1. The number of rotatable bonds is 5. The third kappa shape index (κ3) is 3.48. The van der Waals surface area contributed by atoms with Crippen LogP contribution < -0.4 is 10.5 Å². The van der Waals surface area contributed by atoms with Gasteiger partial charge in [-0.15, -0.1) is 0 Å². The summed E-state index contributed by atoms with van der Waals surface area (Å²) in [5.41, 5.74) is 7.25. The van der Waals surface area contributed by atoms with Gasteiger partial charge in [0.05, 0.1) is 17.2 Å². The molecule has 0 saturated carbocycles. The van der Waals surface area contributed by atoms with Crippen molar-refractivity contribution in [1.29, 1.82) is 0 Å². The molecule has 0 aliphatic rings. The molecule has 2 aromatic rings. The maximum atomic E-state index is 6.10. The number of thiocarbonyl (C=S) groups is 1. The second kappa shape index (κ2) is 6.70. The molecule has 5 heteroatoms. The lowest BCUT2D eigenvalue weighted by Gasteiger charge is -2.12. The fourth-order valence-corrected chi connectivity index (χ4v) is 2.36. The zero-order chi connectivity index (χ0) is 14.5. The van der Waals surface area contributed by atoms with Crippen LogP contribution in [0.1, 0.15) is 11.1 Å². The Morgan fingerprint density at radius 1 is 1.25 bits per heavy atom. The third-order valence-corrected chi connectivity index (χ3v) is 3.18. The maximum Gasteiger partial charge on any atom is 0.139 e. The molecule has 0 spiro atoms. The molecule has 2 aromatic carbocycles. The van der Waals surface area contributed by atoms with Crippen molar-refractivity contribution in [2.75, 3.05) is 7.11 Å². The first-order chi connectivity index (χ1) is 9.61. The van der Waals surface area contributed by atoms with Crippen molar-refractivity contribution in [2.24, 2.45) is 5.73 Å². The van der Waals surface area contributed by atoms with Gasteiger partial charge >= 0.3 is 0 Å². The minimum absolute atomic E-state index is 0.207. The molecule has 20 heavy (non-hydrogen) atoms. The molecule has 0 radical (unpaired) electrons. The number of hydrogen-bond donors (Lipinski definition) is 1. The molecule has 104 valence electrons. The Morgan fingerprint density at radius 2 is 2.00 bits per heavy atom. The first kappa shape index (κ1) is 14.8. The summed E-state index contributed by atoms with van der Waals surface area (Å²) in [5.74, 6) is 1.22. The molecule has 2 rings (SSSR count). The van der Waals surface area contributed by atoms with E-state index in [4.69, 9.17) is 39.0 Å². The SMILES string of the molecule is COCc1cccc(Oc2cccc(Cl)c2C(N)=S)c1. The van der Waals surface area contributed by atoms with E-state index >= 15 is 0 Å². The Hall–Kier alpha value is -1.62. The van der Waals surface area contributed by atoms with Crippen LogP contribution in [-0.2, 0) is 11.3 Å². The molecule has 0 aliphatic carbocycles. The normalized spacial score (nSPS) is 10.3. The molecular weight excluding hydrogens is 294 g/mol. The summed E-state index contributed by atoms with van der Waals surface area (Å²) in [6.07, 6.45) is 0. The van der Waals surface area contributed by atoms with E-state index in [2.05, 4.69) is 0 Å². The Morgan fingerprint density at radius 3 is 2.70 bits per heavy atom. The molecule has 3 nitrogen and oxygen atoms in total. The first-order valence-electron chi connectivity index (χ1n) is 5.96. The molecule has 0 amide bonds. The summed E-state index contributed by atoms with van der Waals surface area (Å²) < 4.78 is 10.9. The van der Waals surface area contributed by atoms with Gasteiger partial charge in [0, 0.05) is 7.11 Å². The third-order valence-electron chi connectivity index (χ3n) is 2.66. The predicted octanol–water partition coefficient (Wildman–Crippen LogP) is 3.91. The molecule has 2 N–H and O–H groups in total. The Balaban J connectivity index is 2.32. The molecule has 0 heterocycles. The molecule has 0 aliphatic heterocycles. The number of methoxy groups -OCH3 is 1. The summed E-state index contributed by atoms with van der Waals surface area (Å²) in [7, 11) is 1.65. The number of hydrogen-bond acceptors (Lipinski definition) is 3. The van der Waals surface area contributed by atoms with E-state index in [1.54, 1.807) is 25.3 Å². The van der Waals surface area contributed by atoms with Crippen molar-refractivity contribution in [3.63, 3.8) is 0 Å². The largest absolute Gasteiger partial charge is 0.457 e. The lowest BCUT2D eigenvalue weighted by molar-refractivity contribution is 0.184. The average molecular weight is 308 g/mol. The molecule has 0 saturated heterocycles. The van der Waals surface area contributed by atoms with Gasteiger partial charge in [0.2, 0.25) is 0 Å². The fourth-order valence-electron chi connectivity index (χ4n) is 1.82. The van der Waals surface area contributed by atoms with Gasteiger partial charge in [0.15, 0.2) is 0 Å². The van der Waals surface area contributed by atoms with Gasteiger partial charge in [-0.05, 0) is 29.8 Å². The van der Waals surface area contributed by atoms with Gasteiger partial charge < -0.3 is 15.2 Å². The van der Waals surface area contributed by atoms with Crippen LogP contribution in [0.25, 0.3) is 0 Å². The minimum Gasteiger partial charge on any atom is -0.457 e. The van der Waals surface area contributed by atoms with Crippen LogP contribution in [0.3, 0.4) is 0 Å². The molecule has 0 fully saturated rings. The minimum atomic E-state index is 0.207. The molecule has 0 unspecified atom stereocenters. The van der Waals surface area contributed by atoms with Gasteiger partial charge in [0.1, 0.15) is 16.5 Å². The highest BCUT2D eigenvalue weighted by atomic mass is 35.5. The van der Waals surface area contributed by atoms with E-state index in [9.17, 15) is 0 Å². The van der Waals surface area contributed by atoms with Gasteiger partial charge in [-0.25, -0.2) is 0 Å². The Bertz CT molecular complexity index is 631. The van der Waals surface area contributed by atoms with E-state index < -0.39 is 0 Å². The van der Waals surface area contributed by atoms with E-state index in [0.717, 1.165) is 5.56 Å². The van der Waals surface area contributed by atoms with Gasteiger partial charge in [-0.3, -0.25) is 0 Å². The summed E-state index contributed by atoms with van der Waals surface area (Å²) in [5, 5.41) is 0.475. The fraction of sp³-hybridized carbons (Fsp3) is 0.133. The number of halogens is 1. The van der Waals surface area contributed by atoms with Crippen LogP contribution in [-0.4, -0.2) is 12.1 Å². The smallest absolute Gasteiger partial charge is 0.139 e. The van der Waals surface area contributed by atoms with E-state index in [0.29, 0.717) is 28.7 Å². The molecular formula is C15H14ClNO2S. The topological polar surface area (TPSA) is 44.5 Å². The number of ether oxygens (including phenoxy) is 2. The maximum absolute atomic E-state index is 6.10. The monoisotopic (exact) mass is 307 g/mol. The number of nitrogens with two attached hydrogens (primary N) is 1. The van der Waals surface area contributed by atoms with Crippen LogP contribution in [0.4, 0.5) is 0 Å². The second-order valence-electron chi connectivity index (χ2n) is 4.16. The van der Waals surface area contributed by atoms with Crippen LogP contribution in [0.5, 0.6) is 11.5 Å². The highest BCUT2D eigenvalue weighted by Crippen LogP contribution is 2.30. The van der Waals surface area contributed by atoms with Crippen LogP contribution in [0, 0.1) is 0 Å². The van der Waals surface area contributed by atoms with Crippen LogP contribution in [0.15, 0.2) is 42.5 Å². The summed E-state index contributed by atoms with van der Waals surface area (Å²) in [4.78, 5) is 0.207. The van der Waals surface area contributed by atoms with Crippen LogP contribution in [0.2, 0.25) is 5.02 Å². The predicted molar refractivity (Wildman–Crippen MR) is 84.6 cm³/mol. The van der Waals surface area contributed by atoms with Gasteiger partial charge in [-0.1, -0.05) is 42.0 Å². The lowest BCUT2D eigenvalue weighted by Crippen LogP contribution is -2.11. The van der Waals surface area contributed by atoms with E-state index in [-0.39, 0.29) is 4.99 Å². The second-order valence-corrected chi connectivity index (χ2v) is 5.01. The first-order valence-corrected chi connectivity index (χ1v) is 6.74. The van der Waals surface area contributed by atoms with E-state index in [1.807, 2.05) is 24.3 Å². The summed E-state index contributed by atoms with van der Waals surface area (Å²) in [6, 6.07) is 12.9. The Kier molecular flexibility index (Phi) is 4.95.